The highest BCUT2D eigenvalue weighted by Gasteiger charge is 2.12. The van der Waals surface area contributed by atoms with Gasteiger partial charge in [0.1, 0.15) is 18.2 Å². The maximum Gasteiger partial charge on any atom is 0.222 e. The summed E-state index contributed by atoms with van der Waals surface area (Å²) in [7, 11) is 0. The molecule has 0 saturated carbocycles. The lowest BCUT2D eigenvalue weighted by Crippen LogP contribution is -2.10. The average molecular weight is 305 g/mol. The second-order valence-corrected chi connectivity index (χ2v) is 6.00. The van der Waals surface area contributed by atoms with Crippen molar-refractivity contribution in [3.05, 3.63) is 33.8 Å². The zero-order valence-electron chi connectivity index (χ0n) is 13.0. The van der Waals surface area contributed by atoms with Crippen molar-refractivity contribution in [2.24, 2.45) is 0 Å². The number of anilines is 1. The Balaban J connectivity index is 2.18. The monoisotopic (exact) mass is 305 g/mol. The van der Waals surface area contributed by atoms with Crippen LogP contribution >= 0.6 is 11.3 Å². The molecule has 0 amide bonds. The van der Waals surface area contributed by atoms with E-state index in [4.69, 9.17) is 4.74 Å². The number of hydrogen-bond donors (Lipinski definition) is 1. The first-order valence-electron chi connectivity index (χ1n) is 7.51. The Labute approximate surface area is 130 Å². The van der Waals surface area contributed by atoms with Crippen molar-refractivity contribution >= 4 is 17.2 Å². The highest BCUT2D eigenvalue weighted by molar-refractivity contribution is 7.09. The molecule has 0 bridgehead atoms. The minimum absolute atomic E-state index is 0.564. The van der Waals surface area contributed by atoms with E-state index in [1.54, 1.807) is 11.3 Å². The summed E-state index contributed by atoms with van der Waals surface area (Å²) in [5.74, 6) is 2.44. The number of thiophene rings is 1. The maximum absolute atomic E-state index is 5.91. The van der Waals surface area contributed by atoms with E-state index in [9.17, 15) is 0 Å². The number of ether oxygens (including phenoxy) is 1. The SMILES string of the molecule is CCCNc1nc(CCC)nc(OCc2cccs2)c1C. The van der Waals surface area contributed by atoms with Crippen LogP contribution in [0.5, 0.6) is 5.88 Å². The second-order valence-electron chi connectivity index (χ2n) is 4.96. The number of hydrogen-bond acceptors (Lipinski definition) is 5. The lowest BCUT2D eigenvalue weighted by Gasteiger charge is -2.14. The first-order chi connectivity index (χ1) is 10.2. The van der Waals surface area contributed by atoms with Gasteiger partial charge in [0, 0.05) is 17.8 Å². The standard InChI is InChI=1S/C16H23N3OS/c1-4-7-14-18-15(17-9-5-2)12(3)16(19-14)20-11-13-8-6-10-21-13/h6,8,10H,4-5,7,9,11H2,1-3H3,(H,17,18,19). The Kier molecular flexibility index (Phi) is 5.99. The van der Waals surface area contributed by atoms with Crippen LogP contribution in [0, 0.1) is 6.92 Å². The van der Waals surface area contributed by atoms with Gasteiger partial charge >= 0.3 is 0 Å². The summed E-state index contributed by atoms with van der Waals surface area (Å²) in [6, 6.07) is 4.11. The Hall–Kier alpha value is -1.62. The lowest BCUT2D eigenvalue weighted by molar-refractivity contribution is 0.293. The molecule has 0 unspecified atom stereocenters. The van der Waals surface area contributed by atoms with Crippen molar-refractivity contribution in [2.45, 2.75) is 46.6 Å². The first-order valence-corrected chi connectivity index (χ1v) is 8.39. The second kappa shape index (κ2) is 7.98. The quantitative estimate of drug-likeness (QED) is 0.794. The summed E-state index contributed by atoms with van der Waals surface area (Å²) < 4.78 is 5.91. The molecule has 2 heterocycles. The average Bonchev–Trinajstić information content (AvgIpc) is 2.99. The van der Waals surface area contributed by atoms with E-state index in [-0.39, 0.29) is 0 Å². The van der Waals surface area contributed by atoms with Crippen LogP contribution in [0.15, 0.2) is 17.5 Å². The maximum atomic E-state index is 5.91. The van der Waals surface area contributed by atoms with Gasteiger partial charge in [0.15, 0.2) is 0 Å². The topological polar surface area (TPSA) is 47.0 Å². The van der Waals surface area contributed by atoms with Crippen molar-refractivity contribution in [1.29, 1.82) is 0 Å². The highest BCUT2D eigenvalue weighted by atomic mass is 32.1. The molecule has 2 aromatic rings. The molecule has 2 rings (SSSR count). The fourth-order valence-electron chi connectivity index (χ4n) is 1.97. The predicted octanol–water partition coefficient (Wildman–Crippen LogP) is 4.20. The summed E-state index contributed by atoms with van der Waals surface area (Å²) in [6.07, 6.45) is 2.97. The molecular formula is C16H23N3OS. The molecule has 5 heteroatoms. The molecule has 1 N–H and O–H groups in total. The van der Waals surface area contributed by atoms with Crippen LogP contribution in [0.25, 0.3) is 0 Å². The molecule has 21 heavy (non-hydrogen) atoms. The van der Waals surface area contributed by atoms with E-state index in [0.717, 1.165) is 43.0 Å². The number of aryl methyl sites for hydroxylation is 1. The van der Waals surface area contributed by atoms with Crippen LogP contribution < -0.4 is 10.1 Å². The van der Waals surface area contributed by atoms with Crippen LogP contribution in [0.2, 0.25) is 0 Å². The van der Waals surface area contributed by atoms with Gasteiger partial charge < -0.3 is 10.1 Å². The molecule has 4 nitrogen and oxygen atoms in total. The molecule has 0 saturated heterocycles. The third-order valence-corrected chi connectivity index (χ3v) is 3.94. The molecule has 0 aromatic carbocycles. The Bertz CT molecular complexity index is 555. The largest absolute Gasteiger partial charge is 0.472 e. The van der Waals surface area contributed by atoms with Crippen molar-refractivity contribution in [1.82, 2.24) is 9.97 Å². The lowest BCUT2D eigenvalue weighted by atomic mass is 10.2. The number of nitrogens with zero attached hydrogens (tertiary/aromatic N) is 2. The zero-order valence-corrected chi connectivity index (χ0v) is 13.8. The van der Waals surface area contributed by atoms with Gasteiger partial charge in [-0.3, -0.25) is 0 Å². The first kappa shape index (κ1) is 15.8. The van der Waals surface area contributed by atoms with Crippen molar-refractivity contribution in [3.8, 4) is 5.88 Å². The molecule has 0 radical (unpaired) electrons. The molecule has 0 spiro atoms. The van der Waals surface area contributed by atoms with Gasteiger partial charge in [-0.25, -0.2) is 4.98 Å². The molecule has 0 atom stereocenters. The molecular weight excluding hydrogens is 282 g/mol. The van der Waals surface area contributed by atoms with Crippen molar-refractivity contribution < 1.29 is 4.74 Å². The van der Waals surface area contributed by atoms with Gasteiger partial charge in [0.05, 0.1) is 5.56 Å². The number of aromatic nitrogens is 2. The van der Waals surface area contributed by atoms with Crippen LogP contribution in [-0.2, 0) is 13.0 Å². The van der Waals surface area contributed by atoms with E-state index in [0.29, 0.717) is 12.5 Å². The van der Waals surface area contributed by atoms with Crippen LogP contribution in [0.1, 0.15) is 43.0 Å². The van der Waals surface area contributed by atoms with E-state index < -0.39 is 0 Å². The molecule has 0 aliphatic rings. The third-order valence-electron chi connectivity index (χ3n) is 3.09. The highest BCUT2D eigenvalue weighted by Crippen LogP contribution is 2.24. The summed E-state index contributed by atoms with van der Waals surface area (Å²) >= 11 is 1.70. The van der Waals surface area contributed by atoms with Crippen LogP contribution in [0.4, 0.5) is 5.82 Å². The normalized spacial score (nSPS) is 10.6. The van der Waals surface area contributed by atoms with E-state index >= 15 is 0 Å². The third kappa shape index (κ3) is 4.43. The summed E-state index contributed by atoms with van der Waals surface area (Å²) in [5, 5.41) is 5.42. The molecule has 0 aliphatic heterocycles. The van der Waals surface area contributed by atoms with Gasteiger partial charge in [-0.1, -0.05) is 19.9 Å². The van der Waals surface area contributed by atoms with Gasteiger partial charge in [-0.05, 0) is 31.2 Å². The minimum Gasteiger partial charge on any atom is -0.472 e. The zero-order chi connectivity index (χ0) is 15.1. The molecule has 114 valence electrons. The van der Waals surface area contributed by atoms with Gasteiger partial charge in [-0.15, -0.1) is 11.3 Å². The van der Waals surface area contributed by atoms with Crippen LogP contribution in [-0.4, -0.2) is 16.5 Å². The fourth-order valence-corrected chi connectivity index (χ4v) is 2.58. The minimum atomic E-state index is 0.564. The molecule has 0 aliphatic carbocycles. The van der Waals surface area contributed by atoms with Gasteiger partial charge in [-0.2, -0.15) is 4.98 Å². The van der Waals surface area contributed by atoms with E-state index in [1.165, 1.54) is 4.88 Å². The Morgan fingerprint density at radius 1 is 1.24 bits per heavy atom. The van der Waals surface area contributed by atoms with Crippen LogP contribution in [0.3, 0.4) is 0 Å². The predicted molar refractivity (Wildman–Crippen MR) is 88.2 cm³/mol. The fraction of sp³-hybridized carbons (Fsp3) is 0.500. The molecule has 2 aromatic heterocycles. The Morgan fingerprint density at radius 2 is 2.10 bits per heavy atom. The summed E-state index contributed by atoms with van der Waals surface area (Å²) in [4.78, 5) is 10.4. The number of nitrogens with one attached hydrogen (secondary N) is 1. The van der Waals surface area contributed by atoms with Crippen molar-refractivity contribution in [2.75, 3.05) is 11.9 Å². The van der Waals surface area contributed by atoms with Gasteiger partial charge in [0.2, 0.25) is 5.88 Å². The molecule has 0 fully saturated rings. The summed E-state index contributed by atoms with van der Waals surface area (Å²) in [6.45, 7) is 7.76. The number of rotatable bonds is 8. The van der Waals surface area contributed by atoms with Crippen molar-refractivity contribution in [3.63, 3.8) is 0 Å². The summed E-state index contributed by atoms with van der Waals surface area (Å²) in [5.41, 5.74) is 0.986. The van der Waals surface area contributed by atoms with E-state index in [2.05, 4.69) is 40.6 Å². The Morgan fingerprint density at radius 3 is 2.76 bits per heavy atom. The smallest absolute Gasteiger partial charge is 0.222 e. The van der Waals surface area contributed by atoms with Gasteiger partial charge in [0.25, 0.3) is 0 Å². The van der Waals surface area contributed by atoms with E-state index in [1.807, 2.05) is 13.0 Å².